The summed E-state index contributed by atoms with van der Waals surface area (Å²) in [6, 6.07) is 6.08. The number of halogens is 3. The van der Waals surface area contributed by atoms with Crippen LogP contribution >= 0.6 is 11.6 Å². The molecule has 0 radical (unpaired) electrons. The fourth-order valence-electron chi connectivity index (χ4n) is 3.25. The maximum atomic E-state index is 14.8. The van der Waals surface area contributed by atoms with Crippen LogP contribution in [0.3, 0.4) is 0 Å². The van der Waals surface area contributed by atoms with Crippen LogP contribution in [0.5, 0.6) is 5.75 Å². The zero-order chi connectivity index (χ0) is 22.2. The van der Waals surface area contributed by atoms with Gasteiger partial charge in [0.2, 0.25) is 0 Å². The van der Waals surface area contributed by atoms with E-state index in [1.54, 1.807) is 13.8 Å². The summed E-state index contributed by atoms with van der Waals surface area (Å²) >= 11 is 5.69. The molecule has 0 aliphatic rings. The molecule has 0 aliphatic heterocycles. The minimum atomic E-state index is -0.948. The summed E-state index contributed by atoms with van der Waals surface area (Å²) < 4.78 is 35.1. The van der Waals surface area contributed by atoms with Crippen LogP contribution in [0.2, 0.25) is 5.02 Å². The Morgan fingerprint density at radius 2 is 1.93 bits per heavy atom. The second-order valence-corrected chi connectivity index (χ2v) is 7.42. The number of ether oxygens (including phenoxy) is 1. The molecule has 0 fully saturated rings. The van der Waals surface area contributed by atoms with E-state index in [2.05, 4.69) is 0 Å². The molecule has 3 aromatic rings. The summed E-state index contributed by atoms with van der Waals surface area (Å²) in [6.07, 6.45) is 0.00737. The highest BCUT2D eigenvalue weighted by molar-refractivity contribution is 6.30. The first-order valence-corrected chi connectivity index (χ1v) is 9.74. The summed E-state index contributed by atoms with van der Waals surface area (Å²) in [5.74, 6) is -3.53. The average molecular weight is 436 g/mol. The Balaban J connectivity index is 2.17. The van der Waals surface area contributed by atoms with Gasteiger partial charge in [-0.3, -0.25) is 14.2 Å². The van der Waals surface area contributed by atoms with E-state index >= 15 is 0 Å². The zero-order valence-corrected chi connectivity index (χ0v) is 17.4. The Morgan fingerprint density at radius 3 is 2.57 bits per heavy atom. The molecule has 0 spiro atoms. The Hall–Kier alpha value is -2.93. The second kappa shape index (κ2) is 8.44. The lowest BCUT2D eigenvalue weighted by molar-refractivity contribution is -0.147. The van der Waals surface area contributed by atoms with E-state index in [0.29, 0.717) is 6.42 Å². The number of hydrogen-bond acceptors (Lipinski definition) is 4. The fourth-order valence-corrected chi connectivity index (χ4v) is 3.37. The van der Waals surface area contributed by atoms with E-state index in [1.807, 2.05) is 6.92 Å². The lowest BCUT2D eigenvalue weighted by Gasteiger charge is -2.11. The predicted octanol–water partition coefficient (Wildman–Crippen LogP) is 5.16. The number of phenolic OH excluding ortho intramolecular Hbond substituents is 1. The standard InChI is InChI=1S/C22H20ClF2NO4/c1-4-11(2)30-19(28)10-14-12(3)26(17-7-8-18(27)21(25)20(14)17)22(29)13-5-6-15(23)16(24)9-13/h5-9,11,27H,4,10H2,1-3H3/t11-/m0/s1. The van der Waals surface area contributed by atoms with Crippen LogP contribution < -0.4 is 0 Å². The zero-order valence-electron chi connectivity index (χ0n) is 16.6. The molecule has 2 aromatic carbocycles. The Labute approximate surface area is 176 Å². The van der Waals surface area contributed by atoms with Crippen molar-refractivity contribution < 1.29 is 28.2 Å². The first kappa shape index (κ1) is 21.8. The lowest BCUT2D eigenvalue weighted by atomic mass is 10.1. The van der Waals surface area contributed by atoms with Crippen molar-refractivity contribution in [3.8, 4) is 5.75 Å². The van der Waals surface area contributed by atoms with Crippen LogP contribution in [0.1, 0.15) is 41.9 Å². The van der Waals surface area contributed by atoms with Crippen molar-refractivity contribution in [2.24, 2.45) is 0 Å². The van der Waals surface area contributed by atoms with Crippen molar-refractivity contribution in [1.82, 2.24) is 4.57 Å². The summed E-state index contributed by atoms with van der Waals surface area (Å²) in [5.41, 5.74) is 0.652. The average Bonchev–Trinajstić information content (AvgIpc) is 2.98. The molecule has 5 nitrogen and oxygen atoms in total. The van der Waals surface area contributed by atoms with Crippen LogP contribution in [0.15, 0.2) is 30.3 Å². The third-order valence-electron chi connectivity index (χ3n) is 5.01. The molecule has 30 heavy (non-hydrogen) atoms. The van der Waals surface area contributed by atoms with Gasteiger partial charge in [0, 0.05) is 16.6 Å². The van der Waals surface area contributed by atoms with E-state index in [-0.39, 0.29) is 45.3 Å². The number of aromatic hydroxyl groups is 1. The molecule has 0 bridgehead atoms. The van der Waals surface area contributed by atoms with E-state index in [1.165, 1.54) is 22.8 Å². The quantitative estimate of drug-likeness (QED) is 0.562. The van der Waals surface area contributed by atoms with Gasteiger partial charge >= 0.3 is 5.97 Å². The smallest absolute Gasteiger partial charge is 0.310 e. The summed E-state index contributed by atoms with van der Waals surface area (Å²) in [6.45, 7) is 5.14. The first-order valence-electron chi connectivity index (χ1n) is 9.36. The van der Waals surface area contributed by atoms with Gasteiger partial charge in [-0.25, -0.2) is 8.78 Å². The molecule has 0 saturated heterocycles. The topological polar surface area (TPSA) is 68.5 Å². The summed E-state index contributed by atoms with van der Waals surface area (Å²) in [5, 5.41) is 9.64. The van der Waals surface area contributed by atoms with E-state index in [4.69, 9.17) is 16.3 Å². The van der Waals surface area contributed by atoms with Crippen LogP contribution in [0.25, 0.3) is 10.9 Å². The normalized spacial score (nSPS) is 12.2. The molecule has 158 valence electrons. The van der Waals surface area contributed by atoms with Crippen molar-refractivity contribution in [3.05, 3.63) is 63.8 Å². The third-order valence-corrected chi connectivity index (χ3v) is 5.32. The molecule has 0 unspecified atom stereocenters. The number of carbonyl (C=O) groups is 2. The SMILES string of the molecule is CC[C@H](C)OC(=O)Cc1c(C)n(C(=O)c2ccc(Cl)c(F)c2)c2ccc(O)c(F)c12. The van der Waals surface area contributed by atoms with Crippen molar-refractivity contribution in [3.63, 3.8) is 0 Å². The molecule has 1 atom stereocenters. The van der Waals surface area contributed by atoms with Gasteiger partial charge in [-0.05, 0) is 56.2 Å². The summed E-state index contributed by atoms with van der Waals surface area (Å²) in [7, 11) is 0. The Bertz CT molecular complexity index is 1160. The van der Waals surface area contributed by atoms with Crippen molar-refractivity contribution in [2.75, 3.05) is 0 Å². The molecule has 1 N–H and O–H groups in total. The number of aromatic nitrogens is 1. The lowest BCUT2D eigenvalue weighted by Crippen LogP contribution is -2.17. The highest BCUT2D eigenvalue weighted by atomic mass is 35.5. The number of esters is 1. The Morgan fingerprint density at radius 1 is 1.23 bits per heavy atom. The molecular formula is C22H20ClF2NO4. The van der Waals surface area contributed by atoms with E-state index in [9.17, 15) is 23.5 Å². The Kier molecular flexibility index (Phi) is 6.12. The molecule has 8 heteroatoms. The largest absolute Gasteiger partial charge is 0.505 e. The maximum Gasteiger partial charge on any atom is 0.310 e. The van der Waals surface area contributed by atoms with Gasteiger partial charge in [-0.15, -0.1) is 0 Å². The van der Waals surface area contributed by atoms with E-state index in [0.717, 1.165) is 12.1 Å². The summed E-state index contributed by atoms with van der Waals surface area (Å²) in [4.78, 5) is 25.5. The van der Waals surface area contributed by atoms with Gasteiger partial charge in [0.25, 0.3) is 5.91 Å². The van der Waals surface area contributed by atoms with Gasteiger partial charge in [0.05, 0.1) is 23.1 Å². The molecule has 1 heterocycles. The maximum absolute atomic E-state index is 14.8. The van der Waals surface area contributed by atoms with Crippen molar-refractivity contribution in [1.29, 1.82) is 0 Å². The van der Waals surface area contributed by atoms with Crippen LogP contribution in [-0.4, -0.2) is 27.7 Å². The minimum Gasteiger partial charge on any atom is -0.505 e. The molecule has 0 saturated carbocycles. The predicted molar refractivity (Wildman–Crippen MR) is 109 cm³/mol. The van der Waals surface area contributed by atoms with E-state index < -0.39 is 29.3 Å². The number of carbonyl (C=O) groups excluding carboxylic acids is 2. The number of phenols is 1. The van der Waals surface area contributed by atoms with Crippen molar-refractivity contribution in [2.45, 2.75) is 39.7 Å². The highest BCUT2D eigenvalue weighted by Gasteiger charge is 2.26. The van der Waals surface area contributed by atoms with Crippen LogP contribution in [-0.2, 0) is 16.0 Å². The molecule has 0 aliphatic carbocycles. The van der Waals surface area contributed by atoms with Crippen LogP contribution in [0, 0.1) is 18.6 Å². The van der Waals surface area contributed by atoms with Gasteiger partial charge in [0.1, 0.15) is 5.82 Å². The number of benzene rings is 2. The molecule has 1 aromatic heterocycles. The van der Waals surface area contributed by atoms with Gasteiger partial charge < -0.3 is 9.84 Å². The highest BCUT2D eigenvalue weighted by Crippen LogP contribution is 2.34. The van der Waals surface area contributed by atoms with Gasteiger partial charge in [-0.1, -0.05) is 18.5 Å². The van der Waals surface area contributed by atoms with Gasteiger partial charge in [-0.2, -0.15) is 0 Å². The number of nitrogens with zero attached hydrogens (tertiary/aromatic N) is 1. The monoisotopic (exact) mass is 435 g/mol. The molecular weight excluding hydrogens is 416 g/mol. The minimum absolute atomic E-state index is 0.000820. The number of hydrogen-bond donors (Lipinski definition) is 1. The van der Waals surface area contributed by atoms with Gasteiger partial charge in [0.15, 0.2) is 11.6 Å². The number of rotatable bonds is 5. The third kappa shape index (κ3) is 3.89. The number of fused-ring (bicyclic) bond motifs is 1. The molecule has 3 rings (SSSR count). The van der Waals surface area contributed by atoms with Crippen molar-refractivity contribution >= 4 is 34.4 Å². The molecule has 0 amide bonds. The second-order valence-electron chi connectivity index (χ2n) is 7.01. The first-order chi connectivity index (χ1) is 14.1. The fraction of sp³-hybridized carbons (Fsp3) is 0.273. The van der Waals surface area contributed by atoms with Crippen LogP contribution in [0.4, 0.5) is 8.78 Å².